The van der Waals surface area contributed by atoms with Crippen LogP contribution in [0.3, 0.4) is 0 Å². The molecule has 0 aliphatic heterocycles. The molecule has 0 saturated heterocycles. The number of rotatable bonds is 5. The molecule has 7 heteroatoms. The quantitative estimate of drug-likeness (QED) is 0.866. The first-order valence-corrected chi connectivity index (χ1v) is 6.81. The van der Waals surface area contributed by atoms with Crippen molar-refractivity contribution in [2.45, 2.75) is 18.4 Å². The lowest BCUT2D eigenvalue weighted by atomic mass is 10.2. The average molecular weight is 301 g/mol. The lowest BCUT2D eigenvalue weighted by Gasteiger charge is -2.11. The SMILES string of the molecule is COc1cn(-c2ccccc2)nc1C(=O)NC1(C(=O)O)CC1. The Morgan fingerprint density at radius 3 is 2.55 bits per heavy atom. The van der Waals surface area contributed by atoms with Crippen molar-refractivity contribution in [3.05, 3.63) is 42.2 Å². The molecule has 1 aromatic heterocycles. The first kappa shape index (κ1) is 14.1. The highest BCUT2D eigenvalue weighted by molar-refractivity contribution is 5.99. The number of methoxy groups -OCH3 is 1. The van der Waals surface area contributed by atoms with Gasteiger partial charge in [0.05, 0.1) is 19.0 Å². The van der Waals surface area contributed by atoms with E-state index in [1.165, 1.54) is 11.8 Å². The summed E-state index contributed by atoms with van der Waals surface area (Å²) in [6, 6.07) is 9.27. The lowest BCUT2D eigenvalue weighted by molar-refractivity contribution is -0.140. The summed E-state index contributed by atoms with van der Waals surface area (Å²) < 4.78 is 6.69. The molecule has 0 spiro atoms. The van der Waals surface area contributed by atoms with Crippen molar-refractivity contribution in [1.29, 1.82) is 0 Å². The molecule has 1 aromatic carbocycles. The first-order chi connectivity index (χ1) is 10.6. The lowest BCUT2D eigenvalue weighted by Crippen LogP contribution is -2.43. The molecule has 1 saturated carbocycles. The molecule has 0 bridgehead atoms. The Kier molecular flexibility index (Phi) is 3.32. The summed E-state index contributed by atoms with van der Waals surface area (Å²) in [5.74, 6) is -1.28. The van der Waals surface area contributed by atoms with E-state index in [1.54, 1.807) is 6.20 Å². The molecule has 1 aliphatic rings. The number of hydrogen-bond donors (Lipinski definition) is 2. The topological polar surface area (TPSA) is 93.5 Å². The number of amides is 1. The maximum atomic E-state index is 12.3. The van der Waals surface area contributed by atoms with Crippen LogP contribution in [0.25, 0.3) is 5.69 Å². The van der Waals surface area contributed by atoms with E-state index in [9.17, 15) is 9.59 Å². The number of aromatic nitrogens is 2. The van der Waals surface area contributed by atoms with Gasteiger partial charge < -0.3 is 15.2 Å². The van der Waals surface area contributed by atoms with E-state index in [0.717, 1.165) is 5.69 Å². The summed E-state index contributed by atoms with van der Waals surface area (Å²) >= 11 is 0. The smallest absolute Gasteiger partial charge is 0.329 e. The van der Waals surface area contributed by atoms with Crippen LogP contribution in [0.5, 0.6) is 5.75 Å². The Morgan fingerprint density at radius 1 is 1.32 bits per heavy atom. The van der Waals surface area contributed by atoms with Gasteiger partial charge in [-0.1, -0.05) is 18.2 Å². The first-order valence-electron chi connectivity index (χ1n) is 6.81. The molecule has 0 radical (unpaired) electrons. The third-order valence-electron chi connectivity index (χ3n) is 3.65. The molecule has 2 N–H and O–H groups in total. The molecule has 0 atom stereocenters. The van der Waals surface area contributed by atoms with Crippen LogP contribution in [0, 0.1) is 0 Å². The van der Waals surface area contributed by atoms with Gasteiger partial charge in [0.1, 0.15) is 5.54 Å². The number of carbonyl (C=O) groups excluding carboxylic acids is 1. The number of nitrogens with one attached hydrogen (secondary N) is 1. The molecule has 1 aliphatic carbocycles. The van der Waals surface area contributed by atoms with Gasteiger partial charge in [0.2, 0.25) is 0 Å². The molecule has 114 valence electrons. The number of benzene rings is 1. The monoisotopic (exact) mass is 301 g/mol. The Hall–Kier alpha value is -2.83. The van der Waals surface area contributed by atoms with Crippen molar-refractivity contribution < 1.29 is 19.4 Å². The van der Waals surface area contributed by atoms with Gasteiger partial charge in [-0.2, -0.15) is 5.10 Å². The minimum Gasteiger partial charge on any atom is -0.493 e. The van der Waals surface area contributed by atoms with Crippen molar-refractivity contribution in [2.24, 2.45) is 0 Å². The fraction of sp³-hybridized carbons (Fsp3) is 0.267. The molecule has 0 unspecified atom stereocenters. The van der Waals surface area contributed by atoms with Crippen LogP contribution in [-0.2, 0) is 4.79 Å². The molecular formula is C15H15N3O4. The van der Waals surface area contributed by atoms with Gasteiger partial charge in [-0.25, -0.2) is 9.48 Å². The zero-order chi connectivity index (χ0) is 15.7. The zero-order valence-electron chi connectivity index (χ0n) is 11.9. The third-order valence-corrected chi connectivity index (χ3v) is 3.65. The largest absolute Gasteiger partial charge is 0.493 e. The van der Waals surface area contributed by atoms with Crippen molar-refractivity contribution in [3.8, 4) is 11.4 Å². The summed E-state index contributed by atoms with van der Waals surface area (Å²) in [5.41, 5.74) is -0.309. The predicted octanol–water partition coefficient (Wildman–Crippen LogP) is 1.23. The van der Waals surface area contributed by atoms with Gasteiger partial charge in [-0.05, 0) is 25.0 Å². The number of carboxylic acids is 1. The summed E-state index contributed by atoms with van der Waals surface area (Å²) in [7, 11) is 1.44. The highest BCUT2D eigenvalue weighted by Crippen LogP contribution is 2.36. The Bertz CT molecular complexity index is 720. The van der Waals surface area contributed by atoms with Crippen LogP contribution in [0.2, 0.25) is 0 Å². The molecule has 1 heterocycles. The summed E-state index contributed by atoms with van der Waals surface area (Å²) in [6.45, 7) is 0. The van der Waals surface area contributed by atoms with Crippen LogP contribution in [0.15, 0.2) is 36.5 Å². The van der Waals surface area contributed by atoms with Gasteiger partial charge >= 0.3 is 5.97 Å². The van der Waals surface area contributed by atoms with Gasteiger partial charge in [0.25, 0.3) is 5.91 Å². The molecule has 1 amide bonds. The van der Waals surface area contributed by atoms with Crippen LogP contribution in [-0.4, -0.2) is 39.4 Å². The fourth-order valence-electron chi connectivity index (χ4n) is 2.17. The van der Waals surface area contributed by atoms with Crippen LogP contribution in [0.4, 0.5) is 0 Å². The van der Waals surface area contributed by atoms with Crippen molar-refractivity contribution >= 4 is 11.9 Å². The van der Waals surface area contributed by atoms with Crippen LogP contribution in [0.1, 0.15) is 23.3 Å². The Labute approximate surface area is 126 Å². The molecule has 2 aromatic rings. The van der Waals surface area contributed by atoms with E-state index in [1.807, 2.05) is 30.3 Å². The van der Waals surface area contributed by atoms with Gasteiger partial charge in [0.15, 0.2) is 11.4 Å². The number of aliphatic carboxylic acids is 1. The second-order valence-corrected chi connectivity index (χ2v) is 5.17. The standard InChI is InChI=1S/C15H15N3O4/c1-22-11-9-18(10-5-3-2-4-6-10)17-12(11)13(19)16-15(7-8-15)14(20)21/h2-6,9H,7-8H2,1H3,(H,16,19)(H,20,21). The third kappa shape index (κ3) is 2.41. The maximum Gasteiger partial charge on any atom is 0.329 e. The Balaban J connectivity index is 1.89. The number of hydrogen-bond acceptors (Lipinski definition) is 4. The van der Waals surface area contributed by atoms with E-state index in [2.05, 4.69) is 10.4 Å². The summed E-state index contributed by atoms with van der Waals surface area (Å²) in [6.07, 6.45) is 2.44. The van der Waals surface area contributed by atoms with Crippen LogP contribution >= 0.6 is 0 Å². The van der Waals surface area contributed by atoms with Crippen molar-refractivity contribution in [3.63, 3.8) is 0 Å². The van der Waals surface area contributed by atoms with E-state index >= 15 is 0 Å². The molecule has 22 heavy (non-hydrogen) atoms. The van der Waals surface area contributed by atoms with Crippen LogP contribution < -0.4 is 10.1 Å². The van der Waals surface area contributed by atoms with Crippen molar-refractivity contribution in [2.75, 3.05) is 7.11 Å². The molecule has 7 nitrogen and oxygen atoms in total. The van der Waals surface area contributed by atoms with E-state index < -0.39 is 17.4 Å². The molecular weight excluding hydrogens is 286 g/mol. The molecule has 1 fully saturated rings. The number of carboxylic acid groups (broad SMARTS) is 1. The maximum absolute atomic E-state index is 12.3. The van der Waals surface area contributed by atoms with Gasteiger partial charge in [0, 0.05) is 0 Å². The van der Waals surface area contributed by atoms with Crippen molar-refractivity contribution in [1.82, 2.24) is 15.1 Å². The van der Waals surface area contributed by atoms with Gasteiger partial charge in [-0.15, -0.1) is 0 Å². The summed E-state index contributed by atoms with van der Waals surface area (Å²) in [5, 5.41) is 15.9. The normalized spacial score (nSPS) is 15.1. The highest BCUT2D eigenvalue weighted by atomic mass is 16.5. The minimum atomic E-state index is -1.15. The zero-order valence-corrected chi connectivity index (χ0v) is 11.9. The molecule has 3 rings (SSSR count). The minimum absolute atomic E-state index is 0.0684. The second-order valence-electron chi connectivity index (χ2n) is 5.17. The Morgan fingerprint density at radius 2 is 2.00 bits per heavy atom. The number of para-hydroxylation sites is 1. The average Bonchev–Trinajstić information content (AvgIpc) is 3.18. The fourth-order valence-corrected chi connectivity index (χ4v) is 2.17. The number of ether oxygens (including phenoxy) is 1. The second kappa shape index (κ2) is 5.18. The van der Waals surface area contributed by atoms with E-state index in [-0.39, 0.29) is 5.69 Å². The van der Waals surface area contributed by atoms with E-state index in [4.69, 9.17) is 9.84 Å². The predicted molar refractivity (Wildman–Crippen MR) is 77.2 cm³/mol. The highest BCUT2D eigenvalue weighted by Gasteiger charge is 2.52. The number of nitrogens with zero attached hydrogens (tertiary/aromatic N) is 2. The number of carbonyl (C=O) groups is 2. The van der Waals surface area contributed by atoms with Gasteiger partial charge in [-0.3, -0.25) is 4.79 Å². The van der Waals surface area contributed by atoms with E-state index in [0.29, 0.717) is 18.6 Å². The summed E-state index contributed by atoms with van der Waals surface area (Å²) in [4.78, 5) is 23.5.